The van der Waals surface area contributed by atoms with Gasteiger partial charge in [0.2, 0.25) is 5.91 Å². The van der Waals surface area contributed by atoms with Gasteiger partial charge in [0.15, 0.2) is 0 Å². The average Bonchev–Trinajstić information content (AvgIpc) is 3.27. The molecule has 2 unspecified atom stereocenters. The third-order valence-corrected chi connectivity index (χ3v) is 12.0. The van der Waals surface area contributed by atoms with Crippen molar-refractivity contribution in [3.8, 4) is 11.5 Å². The lowest BCUT2D eigenvalue weighted by Gasteiger charge is -2.54. The molecule has 2 amide bonds. The molecular weight excluding hydrogens is 772 g/mol. The molecule has 1 spiro atoms. The van der Waals surface area contributed by atoms with Gasteiger partial charge in [0, 0.05) is 82.0 Å². The number of ether oxygens (including phenoxy) is 1. The fourth-order valence-electron chi connectivity index (χ4n) is 8.42. The minimum absolute atomic E-state index is 0.146. The molecule has 11 nitrogen and oxygen atoms in total. The monoisotopic (exact) mass is 828 g/mol. The zero-order chi connectivity index (χ0) is 43.4. The lowest BCUT2D eigenvalue weighted by Crippen LogP contribution is -2.60. The molecule has 6 rings (SSSR count). The minimum atomic E-state index is -0.524. The van der Waals surface area contributed by atoms with Crippen molar-refractivity contribution >= 4 is 46.6 Å². The van der Waals surface area contributed by atoms with Crippen molar-refractivity contribution < 1.29 is 28.3 Å². The van der Waals surface area contributed by atoms with E-state index in [2.05, 4.69) is 37.6 Å². The van der Waals surface area contributed by atoms with E-state index in [1.165, 1.54) is 0 Å². The van der Waals surface area contributed by atoms with E-state index in [9.17, 15) is 23.6 Å². The molecule has 2 aliphatic heterocycles. The molecule has 2 aliphatic rings. The van der Waals surface area contributed by atoms with Gasteiger partial charge in [-0.25, -0.2) is 4.39 Å². The van der Waals surface area contributed by atoms with E-state index >= 15 is 0 Å². The van der Waals surface area contributed by atoms with Crippen LogP contribution in [0.3, 0.4) is 0 Å². The second kappa shape index (κ2) is 21.0. The number of rotatable bonds is 19. The summed E-state index contributed by atoms with van der Waals surface area (Å²) in [5.41, 5.74) is 4.74. The maximum absolute atomic E-state index is 13.3. The Morgan fingerprint density at radius 1 is 1.00 bits per heavy atom. The summed E-state index contributed by atoms with van der Waals surface area (Å²) in [7, 11) is 5.17. The highest BCUT2D eigenvalue weighted by Gasteiger charge is 2.44. The highest BCUT2D eigenvalue weighted by Crippen LogP contribution is 2.41. The molecule has 320 valence electrons. The summed E-state index contributed by atoms with van der Waals surface area (Å²) in [6.07, 6.45) is 12.7. The van der Waals surface area contributed by atoms with E-state index in [1.54, 1.807) is 44.4 Å². The van der Waals surface area contributed by atoms with Gasteiger partial charge < -0.3 is 25.1 Å². The summed E-state index contributed by atoms with van der Waals surface area (Å²) in [6, 6.07) is 23.3. The Kier molecular flexibility index (Phi) is 15.3. The molecule has 0 bridgehead atoms. The average molecular weight is 829 g/mol. The van der Waals surface area contributed by atoms with Gasteiger partial charge in [-0.05, 0) is 116 Å². The zero-order valence-electron chi connectivity index (χ0n) is 35.6. The third-order valence-electron chi connectivity index (χ3n) is 12.0. The molecule has 0 aromatic heterocycles. The third kappa shape index (κ3) is 11.2. The van der Waals surface area contributed by atoms with Crippen LogP contribution in [0.1, 0.15) is 64.4 Å². The maximum Gasteiger partial charge on any atom is 0.251 e. The van der Waals surface area contributed by atoms with Gasteiger partial charge in [0.25, 0.3) is 5.91 Å². The van der Waals surface area contributed by atoms with E-state index in [0.717, 1.165) is 85.9 Å². The highest BCUT2D eigenvalue weighted by atomic mass is 19.1. The summed E-state index contributed by atoms with van der Waals surface area (Å²) in [5.74, 6) is 0.916. The van der Waals surface area contributed by atoms with Gasteiger partial charge in [-0.2, -0.15) is 0 Å². The normalized spacial score (nSPS) is 16.5. The fraction of sp³-hybridized carbons (Fsp3) is 0.367. The predicted molar refractivity (Wildman–Crippen MR) is 241 cm³/mol. The Labute approximate surface area is 358 Å². The van der Waals surface area contributed by atoms with Gasteiger partial charge in [-0.1, -0.05) is 42.5 Å². The van der Waals surface area contributed by atoms with Crippen LogP contribution >= 0.6 is 0 Å². The first-order chi connectivity index (χ1) is 29.6. The van der Waals surface area contributed by atoms with Crippen molar-refractivity contribution in [3.63, 3.8) is 0 Å². The molecule has 2 atom stereocenters. The summed E-state index contributed by atoms with van der Waals surface area (Å²) in [5, 5.41) is 7.50. The number of likely N-dealkylation sites (tertiary alicyclic amines) is 1. The van der Waals surface area contributed by atoms with Crippen molar-refractivity contribution in [1.82, 2.24) is 20.4 Å². The Balaban J connectivity index is 0.948. The van der Waals surface area contributed by atoms with Crippen molar-refractivity contribution in [2.24, 2.45) is 10.4 Å². The number of nitrogens with zero attached hydrogens (tertiary/aromatic N) is 4. The second-order valence-corrected chi connectivity index (χ2v) is 16.1. The number of hydrogen-bond acceptors (Lipinski definition) is 9. The number of halogens is 1. The Bertz CT molecular complexity index is 2260. The summed E-state index contributed by atoms with van der Waals surface area (Å²) in [4.78, 5) is 60.0. The Morgan fingerprint density at radius 2 is 1.77 bits per heavy atom. The number of fused-ring (bicyclic) bond motifs is 1. The first kappa shape index (κ1) is 44.6. The SMILES string of the molecule is CN=C(/C=C\C=C\CN1CC2(CCN(c3ccc(C=O)c(CN(C)C(CCC=O)C(=O)NC)c3)CC2)C1)C(C)NC(=O)c1ccc2c(Oc3ccc(CF)cc3)cccc2c1. The van der Waals surface area contributed by atoms with Crippen LogP contribution in [-0.4, -0.2) is 106 Å². The number of benzene rings is 4. The number of aliphatic imine (C=N–C) groups is 1. The van der Waals surface area contributed by atoms with Crippen molar-refractivity contribution in [3.05, 3.63) is 125 Å². The van der Waals surface area contributed by atoms with E-state index in [-0.39, 0.29) is 17.9 Å². The molecule has 2 N–H and O–H groups in total. The number of carbonyl (C=O) groups excluding carboxylic acids is 4. The Hall–Kier alpha value is -5.98. The summed E-state index contributed by atoms with van der Waals surface area (Å²) < 4.78 is 19.0. The van der Waals surface area contributed by atoms with Crippen LogP contribution in [0.4, 0.5) is 10.1 Å². The number of anilines is 1. The van der Waals surface area contributed by atoms with Gasteiger partial charge in [-0.15, -0.1) is 0 Å². The van der Waals surface area contributed by atoms with Crippen LogP contribution in [0.15, 0.2) is 108 Å². The van der Waals surface area contributed by atoms with Gasteiger partial charge in [0.1, 0.15) is 30.7 Å². The van der Waals surface area contributed by atoms with Crippen LogP contribution < -0.4 is 20.3 Å². The summed E-state index contributed by atoms with van der Waals surface area (Å²) >= 11 is 0. The van der Waals surface area contributed by atoms with Crippen LogP contribution in [0.5, 0.6) is 11.5 Å². The Morgan fingerprint density at radius 3 is 2.46 bits per heavy atom. The predicted octanol–water partition coefficient (Wildman–Crippen LogP) is 7.34. The van der Waals surface area contributed by atoms with Crippen LogP contribution in [0.25, 0.3) is 10.8 Å². The number of hydrogen-bond donors (Lipinski definition) is 2. The summed E-state index contributed by atoms with van der Waals surface area (Å²) in [6.45, 7) is 6.66. The van der Waals surface area contributed by atoms with Gasteiger partial charge >= 0.3 is 0 Å². The van der Waals surface area contributed by atoms with E-state index < -0.39 is 12.7 Å². The van der Waals surface area contributed by atoms with Crippen molar-refractivity contribution in [2.75, 3.05) is 58.8 Å². The molecule has 2 saturated heterocycles. The van der Waals surface area contributed by atoms with E-state index in [1.807, 2.05) is 79.6 Å². The van der Waals surface area contributed by atoms with Crippen molar-refractivity contribution in [1.29, 1.82) is 0 Å². The number of allylic oxidation sites excluding steroid dienone is 2. The van der Waals surface area contributed by atoms with Crippen LogP contribution in [0.2, 0.25) is 0 Å². The number of carbonyl (C=O) groups is 4. The lowest BCUT2D eigenvalue weighted by molar-refractivity contribution is -0.126. The minimum Gasteiger partial charge on any atom is -0.457 e. The number of piperidine rings is 1. The quantitative estimate of drug-likeness (QED) is 0.0572. The van der Waals surface area contributed by atoms with E-state index in [0.29, 0.717) is 53.0 Å². The van der Waals surface area contributed by atoms with Gasteiger partial charge in [0.05, 0.1) is 17.8 Å². The lowest BCUT2D eigenvalue weighted by atomic mass is 9.72. The second-order valence-electron chi connectivity index (χ2n) is 16.1. The molecule has 12 heteroatoms. The van der Waals surface area contributed by atoms with Crippen LogP contribution in [-0.2, 0) is 22.8 Å². The first-order valence-electron chi connectivity index (χ1n) is 21.0. The molecule has 0 saturated carbocycles. The number of aldehydes is 2. The zero-order valence-corrected chi connectivity index (χ0v) is 35.6. The number of nitrogens with one attached hydrogen (secondary N) is 2. The van der Waals surface area contributed by atoms with Crippen molar-refractivity contribution in [2.45, 2.75) is 57.9 Å². The first-order valence-corrected chi connectivity index (χ1v) is 21.0. The standard InChI is InChI=1S/C49H57FN6O5/c1-35(53-47(59)38-17-21-43-37(28-38)10-8-13-46(43)61-42-19-14-36(30-50)15-20-42)44(51-2)11-6-5-7-24-55-33-49(34-55)22-25-56(26-23-49)41-18-16-39(32-58)40(29-41)31-54(4)45(12-9-27-57)48(60)52-3/h5-8,10-11,13-21,27-29,32,35,45H,9,12,22-26,30-31,33-34H2,1-4H3,(H,52,60)(H,53,59)/b7-5+,11-6-,51-44?. The smallest absolute Gasteiger partial charge is 0.251 e. The largest absolute Gasteiger partial charge is 0.457 e. The number of alkyl halides is 1. The number of likely N-dealkylation sites (N-methyl/N-ethyl adjacent to an activating group) is 2. The molecule has 61 heavy (non-hydrogen) atoms. The molecule has 2 heterocycles. The molecule has 4 aromatic rings. The molecular formula is C49H57FN6O5. The molecule has 0 aliphatic carbocycles. The van der Waals surface area contributed by atoms with Gasteiger partial charge in [-0.3, -0.25) is 29.2 Å². The molecule has 2 fully saturated rings. The maximum atomic E-state index is 13.3. The number of amides is 2. The van der Waals surface area contributed by atoms with E-state index in [4.69, 9.17) is 4.74 Å². The highest BCUT2D eigenvalue weighted by molar-refractivity contribution is 6.05. The van der Waals surface area contributed by atoms with Crippen LogP contribution in [0, 0.1) is 5.41 Å². The fourth-order valence-corrected chi connectivity index (χ4v) is 8.42. The molecule has 0 radical (unpaired) electrons. The topological polar surface area (TPSA) is 124 Å². The molecule has 4 aromatic carbocycles.